The number of carbonyl (C=O) groups is 1. The molecule has 1 amide bonds. The van der Waals surface area contributed by atoms with Gasteiger partial charge in [-0.3, -0.25) is 9.78 Å². The molecule has 2 rings (SSSR count). The number of rotatable bonds is 2. The number of carbonyl (C=O) groups excluding carboxylic acids is 1. The highest BCUT2D eigenvalue weighted by molar-refractivity contribution is 6.03. The Morgan fingerprint density at radius 1 is 1.10 bits per heavy atom. The van der Waals surface area contributed by atoms with Crippen molar-refractivity contribution < 1.29 is 4.79 Å². The van der Waals surface area contributed by atoms with E-state index < -0.39 is 0 Å². The van der Waals surface area contributed by atoms with Crippen LogP contribution in [-0.4, -0.2) is 15.9 Å². The Labute approximate surface area is 119 Å². The number of hydrogen-bond acceptors (Lipinski definition) is 3. The molecule has 0 aliphatic carbocycles. The maximum atomic E-state index is 12.2. The number of amides is 1. The van der Waals surface area contributed by atoms with Gasteiger partial charge in [0.2, 0.25) is 0 Å². The molecule has 0 fully saturated rings. The van der Waals surface area contributed by atoms with Gasteiger partial charge < -0.3 is 5.32 Å². The van der Waals surface area contributed by atoms with Crippen molar-refractivity contribution in [3.63, 3.8) is 0 Å². The van der Waals surface area contributed by atoms with E-state index in [-0.39, 0.29) is 11.3 Å². The van der Waals surface area contributed by atoms with Crippen LogP contribution in [0.5, 0.6) is 0 Å². The van der Waals surface area contributed by atoms with Crippen LogP contribution in [0.25, 0.3) is 0 Å². The molecular weight excluding hydrogens is 250 g/mol. The van der Waals surface area contributed by atoms with Crippen LogP contribution < -0.4 is 5.32 Å². The van der Waals surface area contributed by atoms with Gasteiger partial charge in [-0.1, -0.05) is 20.8 Å². The van der Waals surface area contributed by atoms with Gasteiger partial charge in [-0.05, 0) is 36.8 Å². The third-order valence-corrected chi connectivity index (χ3v) is 2.95. The Hall–Kier alpha value is -2.23. The lowest BCUT2D eigenvalue weighted by atomic mass is 9.91. The topological polar surface area (TPSA) is 54.9 Å². The van der Waals surface area contributed by atoms with E-state index >= 15 is 0 Å². The zero-order valence-corrected chi connectivity index (χ0v) is 12.3. The van der Waals surface area contributed by atoms with Gasteiger partial charge in [0.25, 0.3) is 5.91 Å². The van der Waals surface area contributed by atoms with E-state index in [0.717, 1.165) is 11.3 Å². The molecule has 1 N–H and O–H groups in total. The molecular formula is C16H19N3O. The molecule has 0 aliphatic rings. The van der Waals surface area contributed by atoms with Crippen molar-refractivity contribution in [2.45, 2.75) is 33.1 Å². The van der Waals surface area contributed by atoms with Crippen molar-refractivity contribution in [3.8, 4) is 0 Å². The van der Waals surface area contributed by atoms with Gasteiger partial charge in [0.05, 0.1) is 0 Å². The molecule has 2 heterocycles. The first-order valence-electron chi connectivity index (χ1n) is 6.57. The van der Waals surface area contributed by atoms with Crippen LogP contribution in [0.2, 0.25) is 0 Å². The smallest absolute Gasteiger partial charge is 0.256 e. The van der Waals surface area contributed by atoms with Gasteiger partial charge in [0.1, 0.15) is 5.82 Å². The molecule has 0 aliphatic heterocycles. The fourth-order valence-electron chi connectivity index (χ4n) is 1.77. The van der Waals surface area contributed by atoms with E-state index in [4.69, 9.17) is 0 Å². The molecule has 0 aromatic carbocycles. The fourth-order valence-corrected chi connectivity index (χ4v) is 1.77. The van der Waals surface area contributed by atoms with Gasteiger partial charge >= 0.3 is 0 Å². The molecule has 2 aromatic heterocycles. The van der Waals surface area contributed by atoms with Crippen molar-refractivity contribution in [2.24, 2.45) is 0 Å². The summed E-state index contributed by atoms with van der Waals surface area (Å²) in [5.41, 5.74) is 2.45. The summed E-state index contributed by atoms with van der Waals surface area (Å²) in [5, 5.41) is 2.80. The predicted octanol–water partition coefficient (Wildman–Crippen LogP) is 3.33. The lowest BCUT2D eigenvalue weighted by Gasteiger charge is -2.18. The summed E-state index contributed by atoms with van der Waals surface area (Å²) in [6.45, 7) is 8.17. The first kappa shape index (κ1) is 14.2. The molecule has 2 aromatic rings. The third-order valence-electron chi connectivity index (χ3n) is 2.95. The van der Waals surface area contributed by atoms with Crippen LogP contribution in [0, 0.1) is 6.92 Å². The summed E-state index contributed by atoms with van der Waals surface area (Å²) in [5.74, 6) is 0.389. The molecule has 0 saturated heterocycles. The molecule has 4 nitrogen and oxygen atoms in total. The number of pyridine rings is 2. The first-order chi connectivity index (χ1) is 9.36. The first-order valence-corrected chi connectivity index (χ1v) is 6.57. The Bertz CT molecular complexity index is 630. The van der Waals surface area contributed by atoms with Crippen LogP contribution >= 0.6 is 0 Å². The Balaban J connectivity index is 2.22. The zero-order chi connectivity index (χ0) is 14.8. The molecule has 20 heavy (non-hydrogen) atoms. The zero-order valence-electron chi connectivity index (χ0n) is 12.3. The molecule has 0 radical (unpaired) electrons. The van der Waals surface area contributed by atoms with Crippen molar-refractivity contribution in [2.75, 3.05) is 5.32 Å². The maximum absolute atomic E-state index is 12.2. The fraction of sp³-hybridized carbons (Fsp3) is 0.312. The SMILES string of the molecule is Cc1ccnc(NC(=O)c2ccnc(C(C)(C)C)c2)c1. The minimum Gasteiger partial charge on any atom is -0.307 e. The Morgan fingerprint density at radius 2 is 1.80 bits per heavy atom. The van der Waals surface area contributed by atoms with Gasteiger partial charge in [0.15, 0.2) is 0 Å². The minimum absolute atomic E-state index is 0.0854. The number of hydrogen-bond donors (Lipinski definition) is 1. The summed E-state index contributed by atoms with van der Waals surface area (Å²) >= 11 is 0. The third kappa shape index (κ3) is 3.41. The van der Waals surface area contributed by atoms with Gasteiger partial charge in [-0.2, -0.15) is 0 Å². The Morgan fingerprint density at radius 3 is 2.45 bits per heavy atom. The largest absolute Gasteiger partial charge is 0.307 e. The molecule has 4 heteroatoms. The second-order valence-electron chi connectivity index (χ2n) is 5.85. The number of aromatic nitrogens is 2. The van der Waals surface area contributed by atoms with Crippen molar-refractivity contribution in [1.29, 1.82) is 0 Å². The molecule has 0 spiro atoms. The standard InChI is InChI=1S/C16H19N3O/c1-11-5-7-18-14(9-11)19-15(20)12-6-8-17-13(10-12)16(2,3)4/h5-10H,1-4H3,(H,18,19,20). The molecule has 0 bridgehead atoms. The maximum Gasteiger partial charge on any atom is 0.256 e. The Kier molecular flexibility index (Phi) is 3.84. The lowest BCUT2D eigenvalue weighted by molar-refractivity contribution is 0.102. The molecule has 0 atom stereocenters. The van der Waals surface area contributed by atoms with E-state index in [1.54, 1.807) is 18.5 Å². The number of nitrogens with one attached hydrogen (secondary N) is 1. The normalized spacial score (nSPS) is 11.2. The summed E-state index contributed by atoms with van der Waals surface area (Å²) < 4.78 is 0. The van der Waals surface area contributed by atoms with E-state index in [2.05, 4.69) is 36.1 Å². The van der Waals surface area contributed by atoms with E-state index in [0.29, 0.717) is 11.4 Å². The van der Waals surface area contributed by atoms with Crippen LogP contribution in [0.3, 0.4) is 0 Å². The second-order valence-corrected chi connectivity index (χ2v) is 5.85. The van der Waals surface area contributed by atoms with Crippen molar-refractivity contribution in [1.82, 2.24) is 9.97 Å². The molecule has 0 unspecified atom stereocenters. The van der Waals surface area contributed by atoms with Crippen molar-refractivity contribution in [3.05, 3.63) is 53.5 Å². The number of anilines is 1. The number of aryl methyl sites for hydroxylation is 1. The summed E-state index contributed by atoms with van der Waals surface area (Å²) in [7, 11) is 0. The lowest BCUT2D eigenvalue weighted by Crippen LogP contribution is -2.17. The van der Waals surface area contributed by atoms with E-state index in [9.17, 15) is 4.79 Å². The van der Waals surface area contributed by atoms with E-state index in [1.807, 2.05) is 25.1 Å². The highest BCUT2D eigenvalue weighted by Gasteiger charge is 2.17. The highest BCUT2D eigenvalue weighted by atomic mass is 16.1. The van der Waals surface area contributed by atoms with Crippen molar-refractivity contribution >= 4 is 11.7 Å². The minimum atomic E-state index is -0.170. The molecule has 0 saturated carbocycles. The average molecular weight is 269 g/mol. The highest BCUT2D eigenvalue weighted by Crippen LogP contribution is 2.20. The summed E-state index contributed by atoms with van der Waals surface area (Å²) in [4.78, 5) is 20.7. The quantitative estimate of drug-likeness (QED) is 0.909. The van der Waals surface area contributed by atoms with Gasteiger partial charge in [-0.25, -0.2) is 4.98 Å². The predicted molar refractivity (Wildman–Crippen MR) is 79.9 cm³/mol. The van der Waals surface area contributed by atoms with E-state index in [1.165, 1.54) is 0 Å². The summed E-state index contributed by atoms with van der Waals surface area (Å²) in [6, 6.07) is 7.26. The monoisotopic (exact) mass is 269 g/mol. The summed E-state index contributed by atoms with van der Waals surface area (Å²) in [6.07, 6.45) is 3.34. The van der Waals surface area contributed by atoms with Crippen LogP contribution in [-0.2, 0) is 5.41 Å². The average Bonchev–Trinajstić information content (AvgIpc) is 2.38. The number of nitrogens with zero attached hydrogens (tertiary/aromatic N) is 2. The second kappa shape index (κ2) is 5.41. The van der Waals surface area contributed by atoms with Crippen LogP contribution in [0.15, 0.2) is 36.7 Å². The molecule has 104 valence electrons. The van der Waals surface area contributed by atoms with Crippen LogP contribution in [0.1, 0.15) is 42.4 Å². The van der Waals surface area contributed by atoms with Crippen LogP contribution in [0.4, 0.5) is 5.82 Å². The van der Waals surface area contributed by atoms with Gasteiger partial charge in [0, 0.05) is 29.1 Å². The van der Waals surface area contributed by atoms with Gasteiger partial charge in [-0.15, -0.1) is 0 Å².